The van der Waals surface area contributed by atoms with E-state index in [9.17, 15) is 9.59 Å². The zero-order chi connectivity index (χ0) is 17.7. The molecule has 1 fully saturated rings. The first-order chi connectivity index (χ1) is 11.3. The molecule has 2 amide bonds. The van der Waals surface area contributed by atoms with E-state index in [1.165, 1.54) is 0 Å². The number of likely N-dealkylation sites (tertiary alicyclic amines) is 1. The molecule has 0 aromatic heterocycles. The summed E-state index contributed by atoms with van der Waals surface area (Å²) in [5.41, 5.74) is 0.726. The van der Waals surface area contributed by atoms with Crippen molar-refractivity contribution in [3.63, 3.8) is 0 Å². The van der Waals surface area contributed by atoms with Gasteiger partial charge in [0.05, 0.1) is 0 Å². The Morgan fingerprint density at radius 2 is 1.92 bits per heavy atom. The third kappa shape index (κ3) is 5.25. The maximum absolute atomic E-state index is 12.3. The van der Waals surface area contributed by atoms with Gasteiger partial charge in [-0.05, 0) is 37.5 Å². The summed E-state index contributed by atoms with van der Waals surface area (Å²) in [7, 11) is 0. The standard InChI is InChI=1S/C19H28N2O3/c1-14-6-5-7-16(12-14)24-13-17(22)21-10-8-15(9-11-21)20-18(23)19(2,3)4/h5-7,12,15H,8-11,13H2,1-4H3,(H,20,23). The maximum atomic E-state index is 12.3. The minimum atomic E-state index is -0.380. The first-order valence-electron chi connectivity index (χ1n) is 8.54. The van der Waals surface area contributed by atoms with Crippen molar-refractivity contribution in [3.05, 3.63) is 29.8 Å². The van der Waals surface area contributed by atoms with E-state index in [0.717, 1.165) is 24.2 Å². The molecule has 0 atom stereocenters. The van der Waals surface area contributed by atoms with Crippen LogP contribution < -0.4 is 10.1 Å². The zero-order valence-electron chi connectivity index (χ0n) is 15.1. The highest BCUT2D eigenvalue weighted by Gasteiger charge is 2.27. The molecule has 0 bridgehead atoms. The van der Waals surface area contributed by atoms with Crippen molar-refractivity contribution in [3.8, 4) is 5.75 Å². The lowest BCUT2D eigenvalue weighted by Gasteiger charge is -2.33. The average molecular weight is 332 g/mol. The number of benzene rings is 1. The molecule has 24 heavy (non-hydrogen) atoms. The van der Waals surface area contributed by atoms with Crippen LogP contribution in [0.2, 0.25) is 0 Å². The Kier molecular flexibility index (Phi) is 5.86. The Balaban J connectivity index is 1.75. The molecule has 1 aromatic carbocycles. The first-order valence-corrected chi connectivity index (χ1v) is 8.54. The van der Waals surface area contributed by atoms with Gasteiger partial charge in [-0.15, -0.1) is 0 Å². The van der Waals surface area contributed by atoms with Gasteiger partial charge >= 0.3 is 0 Å². The predicted octanol–water partition coefficient (Wildman–Crippen LogP) is 2.53. The van der Waals surface area contributed by atoms with Gasteiger partial charge in [0.1, 0.15) is 5.75 Å². The Bertz CT molecular complexity index is 585. The minimum Gasteiger partial charge on any atom is -0.484 e. The van der Waals surface area contributed by atoms with E-state index in [1.54, 1.807) is 0 Å². The molecule has 1 aliphatic heterocycles. The molecule has 1 aromatic rings. The lowest BCUT2D eigenvalue weighted by Crippen LogP contribution is -2.49. The molecule has 0 saturated carbocycles. The van der Waals surface area contributed by atoms with Gasteiger partial charge in [-0.1, -0.05) is 32.9 Å². The van der Waals surface area contributed by atoms with Crippen LogP contribution in [0.3, 0.4) is 0 Å². The largest absolute Gasteiger partial charge is 0.484 e. The summed E-state index contributed by atoms with van der Waals surface area (Å²) in [6.45, 7) is 9.08. The van der Waals surface area contributed by atoms with Gasteiger partial charge in [-0.3, -0.25) is 9.59 Å². The van der Waals surface area contributed by atoms with Crippen LogP contribution in [0.5, 0.6) is 5.75 Å². The fourth-order valence-corrected chi connectivity index (χ4v) is 2.62. The lowest BCUT2D eigenvalue weighted by molar-refractivity contribution is -0.134. The van der Waals surface area contributed by atoms with Gasteiger partial charge in [0.25, 0.3) is 5.91 Å². The van der Waals surface area contributed by atoms with E-state index in [2.05, 4.69) is 5.32 Å². The predicted molar refractivity (Wildman–Crippen MR) is 93.9 cm³/mol. The summed E-state index contributed by atoms with van der Waals surface area (Å²) >= 11 is 0. The van der Waals surface area contributed by atoms with Gasteiger partial charge in [-0.2, -0.15) is 0 Å². The van der Waals surface area contributed by atoms with E-state index in [0.29, 0.717) is 13.1 Å². The Morgan fingerprint density at radius 1 is 1.25 bits per heavy atom. The van der Waals surface area contributed by atoms with Crippen LogP contribution in [-0.4, -0.2) is 42.5 Å². The van der Waals surface area contributed by atoms with Crippen molar-refractivity contribution < 1.29 is 14.3 Å². The summed E-state index contributed by atoms with van der Waals surface area (Å²) in [5, 5.41) is 3.07. The number of piperidine rings is 1. The second kappa shape index (κ2) is 7.69. The zero-order valence-corrected chi connectivity index (χ0v) is 15.1. The summed E-state index contributed by atoms with van der Waals surface area (Å²) in [6.07, 6.45) is 1.58. The molecular formula is C19H28N2O3. The molecule has 5 nitrogen and oxygen atoms in total. The van der Waals surface area contributed by atoms with Crippen LogP contribution in [0.15, 0.2) is 24.3 Å². The molecule has 1 N–H and O–H groups in total. The molecule has 2 rings (SSSR count). The van der Waals surface area contributed by atoms with E-state index in [-0.39, 0.29) is 29.9 Å². The molecule has 1 saturated heterocycles. The van der Waals surface area contributed by atoms with Crippen molar-refractivity contribution in [2.24, 2.45) is 5.41 Å². The fraction of sp³-hybridized carbons (Fsp3) is 0.579. The molecule has 0 unspecified atom stereocenters. The number of nitrogens with zero attached hydrogens (tertiary/aromatic N) is 1. The third-order valence-electron chi connectivity index (χ3n) is 4.22. The van der Waals surface area contributed by atoms with E-state index in [4.69, 9.17) is 4.74 Å². The molecule has 0 radical (unpaired) electrons. The number of carbonyl (C=O) groups excluding carboxylic acids is 2. The highest BCUT2D eigenvalue weighted by atomic mass is 16.5. The number of amides is 2. The van der Waals surface area contributed by atoms with Crippen molar-refractivity contribution in [1.29, 1.82) is 0 Å². The van der Waals surface area contributed by atoms with Gasteiger partial charge in [0, 0.05) is 24.5 Å². The number of hydrogen-bond acceptors (Lipinski definition) is 3. The first kappa shape index (κ1) is 18.3. The number of rotatable bonds is 4. The Morgan fingerprint density at radius 3 is 2.50 bits per heavy atom. The molecular weight excluding hydrogens is 304 g/mol. The number of carbonyl (C=O) groups is 2. The summed E-state index contributed by atoms with van der Waals surface area (Å²) < 4.78 is 5.58. The highest BCUT2D eigenvalue weighted by molar-refractivity contribution is 5.81. The monoisotopic (exact) mass is 332 g/mol. The van der Waals surface area contributed by atoms with E-state index < -0.39 is 0 Å². The molecule has 1 heterocycles. The average Bonchev–Trinajstić information content (AvgIpc) is 2.52. The van der Waals surface area contributed by atoms with Gasteiger partial charge < -0.3 is 15.0 Å². The SMILES string of the molecule is Cc1cccc(OCC(=O)N2CCC(NC(=O)C(C)(C)C)CC2)c1. The second-order valence-electron chi connectivity index (χ2n) is 7.48. The normalized spacial score (nSPS) is 15.9. The smallest absolute Gasteiger partial charge is 0.260 e. The molecule has 132 valence electrons. The minimum absolute atomic E-state index is 0.00268. The number of aryl methyl sites for hydroxylation is 1. The maximum Gasteiger partial charge on any atom is 0.260 e. The van der Waals surface area contributed by atoms with Gasteiger partial charge in [0.2, 0.25) is 5.91 Å². The van der Waals surface area contributed by atoms with Crippen molar-refractivity contribution in [2.45, 2.75) is 46.6 Å². The molecule has 5 heteroatoms. The summed E-state index contributed by atoms with van der Waals surface area (Å²) in [5.74, 6) is 0.780. The van der Waals surface area contributed by atoms with E-state index in [1.807, 2.05) is 56.9 Å². The van der Waals surface area contributed by atoms with Crippen LogP contribution in [0.4, 0.5) is 0 Å². The quantitative estimate of drug-likeness (QED) is 0.922. The van der Waals surface area contributed by atoms with Crippen LogP contribution in [0.1, 0.15) is 39.2 Å². The second-order valence-corrected chi connectivity index (χ2v) is 7.48. The molecule has 0 spiro atoms. The number of ether oxygens (including phenoxy) is 1. The Labute approximate surface area is 144 Å². The number of hydrogen-bond donors (Lipinski definition) is 1. The van der Waals surface area contributed by atoms with Crippen LogP contribution in [0.25, 0.3) is 0 Å². The summed E-state index contributed by atoms with van der Waals surface area (Å²) in [6, 6.07) is 7.83. The van der Waals surface area contributed by atoms with Crippen LogP contribution in [-0.2, 0) is 9.59 Å². The van der Waals surface area contributed by atoms with Crippen LogP contribution in [0, 0.1) is 12.3 Å². The third-order valence-corrected chi connectivity index (χ3v) is 4.22. The highest BCUT2D eigenvalue weighted by Crippen LogP contribution is 2.17. The lowest BCUT2D eigenvalue weighted by atomic mass is 9.94. The van der Waals surface area contributed by atoms with Gasteiger partial charge in [0.15, 0.2) is 6.61 Å². The number of nitrogens with one attached hydrogen (secondary N) is 1. The van der Waals surface area contributed by atoms with Gasteiger partial charge in [-0.25, -0.2) is 0 Å². The van der Waals surface area contributed by atoms with Crippen molar-refractivity contribution >= 4 is 11.8 Å². The van der Waals surface area contributed by atoms with Crippen LogP contribution >= 0.6 is 0 Å². The molecule has 1 aliphatic rings. The Hall–Kier alpha value is -2.04. The topological polar surface area (TPSA) is 58.6 Å². The van der Waals surface area contributed by atoms with E-state index >= 15 is 0 Å². The van der Waals surface area contributed by atoms with Crippen molar-refractivity contribution in [1.82, 2.24) is 10.2 Å². The summed E-state index contributed by atoms with van der Waals surface area (Å²) in [4.78, 5) is 26.1. The fourth-order valence-electron chi connectivity index (χ4n) is 2.62. The molecule has 0 aliphatic carbocycles. The van der Waals surface area contributed by atoms with Crippen molar-refractivity contribution in [2.75, 3.05) is 19.7 Å².